The van der Waals surface area contributed by atoms with Gasteiger partial charge in [-0.1, -0.05) is 48.5 Å². The molecule has 2 aromatic rings. The molecule has 8 nitrogen and oxygen atoms in total. The predicted molar refractivity (Wildman–Crippen MR) is 133 cm³/mol. The minimum atomic E-state index is -0.969. The zero-order valence-electron chi connectivity index (χ0n) is 19.7. The van der Waals surface area contributed by atoms with Crippen LogP contribution in [0.25, 0.3) is 0 Å². The molecule has 35 heavy (non-hydrogen) atoms. The first-order chi connectivity index (χ1) is 17.1. The number of aliphatic imine (C=N–C) groups is 1. The van der Waals surface area contributed by atoms with Gasteiger partial charge in [0.1, 0.15) is 25.2 Å². The highest BCUT2D eigenvalue weighted by atomic mass is 16.6. The number of amides is 2. The molecule has 4 rings (SSSR count). The predicted octanol–water partition coefficient (Wildman–Crippen LogP) is 4.88. The van der Waals surface area contributed by atoms with E-state index in [-0.39, 0.29) is 25.5 Å². The van der Waals surface area contributed by atoms with Crippen molar-refractivity contribution in [2.75, 3.05) is 25.1 Å². The first-order valence-electron chi connectivity index (χ1n) is 11.9. The number of ether oxygens (including phenoxy) is 3. The lowest BCUT2D eigenvalue weighted by atomic mass is 9.93. The van der Waals surface area contributed by atoms with Gasteiger partial charge in [0.2, 0.25) is 5.91 Å². The molecule has 1 unspecified atom stereocenters. The van der Waals surface area contributed by atoms with Gasteiger partial charge in [-0.25, -0.2) is 4.79 Å². The van der Waals surface area contributed by atoms with Crippen LogP contribution in [-0.4, -0.2) is 48.1 Å². The number of likely N-dealkylation sites (tertiary alicyclic amines) is 1. The second kappa shape index (κ2) is 12.2. The molecule has 0 saturated carbocycles. The number of hydrogen-bond acceptors (Lipinski definition) is 6. The topological polar surface area (TPSA) is 89.5 Å². The zero-order valence-corrected chi connectivity index (χ0v) is 19.7. The van der Waals surface area contributed by atoms with Crippen molar-refractivity contribution in [1.29, 1.82) is 0 Å². The molecule has 2 aliphatic rings. The van der Waals surface area contributed by atoms with E-state index in [1.165, 1.54) is 6.26 Å². The van der Waals surface area contributed by atoms with Crippen molar-refractivity contribution in [3.8, 4) is 0 Å². The van der Waals surface area contributed by atoms with Crippen LogP contribution in [0.15, 0.2) is 78.1 Å². The second-order valence-electron chi connectivity index (χ2n) is 8.59. The summed E-state index contributed by atoms with van der Waals surface area (Å²) in [6, 6.07) is 18.9. The first kappa shape index (κ1) is 24.5. The van der Waals surface area contributed by atoms with E-state index in [1.807, 2.05) is 60.7 Å². The monoisotopic (exact) mass is 477 g/mol. The normalized spacial score (nSPS) is 19.4. The fraction of sp³-hybridized carbons (Fsp3) is 0.370. The largest absolute Gasteiger partial charge is 0.494 e. The maximum Gasteiger partial charge on any atom is 0.412 e. The van der Waals surface area contributed by atoms with Crippen molar-refractivity contribution in [2.45, 2.75) is 44.4 Å². The van der Waals surface area contributed by atoms with Crippen LogP contribution in [0, 0.1) is 0 Å². The van der Waals surface area contributed by atoms with Gasteiger partial charge < -0.3 is 19.5 Å². The number of nitrogens with one attached hydrogen (secondary N) is 1. The van der Waals surface area contributed by atoms with E-state index in [9.17, 15) is 9.59 Å². The number of rotatable bonds is 9. The summed E-state index contributed by atoms with van der Waals surface area (Å²) < 4.78 is 17.4. The maximum atomic E-state index is 13.2. The molecule has 2 aliphatic heterocycles. The van der Waals surface area contributed by atoms with Crippen LogP contribution in [0.1, 0.15) is 37.7 Å². The summed E-state index contributed by atoms with van der Waals surface area (Å²) in [5.74, 6) is -0.136. The van der Waals surface area contributed by atoms with Gasteiger partial charge in [0.05, 0.1) is 18.5 Å². The number of piperidine rings is 1. The number of para-hydroxylation sites is 1. The Morgan fingerprint density at radius 1 is 1.03 bits per heavy atom. The summed E-state index contributed by atoms with van der Waals surface area (Å²) in [4.78, 5) is 31.9. The van der Waals surface area contributed by atoms with Crippen molar-refractivity contribution in [3.63, 3.8) is 0 Å². The molecule has 184 valence electrons. The zero-order chi connectivity index (χ0) is 24.3. The molecule has 2 heterocycles. The van der Waals surface area contributed by atoms with Crippen molar-refractivity contribution < 1.29 is 23.8 Å². The number of hydrogen-bond donors (Lipinski definition) is 1. The number of carbonyl (C=O) groups is 2. The average molecular weight is 478 g/mol. The highest BCUT2D eigenvalue weighted by Crippen LogP contribution is 2.35. The Kier molecular flexibility index (Phi) is 8.51. The fourth-order valence-electron chi connectivity index (χ4n) is 4.26. The Morgan fingerprint density at radius 2 is 1.80 bits per heavy atom. The van der Waals surface area contributed by atoms with E-state index >= 15 is 0 Å². The molecule has 0 aliphatic carbocycles. The lowest BCUT2D eigenvalue weighted by molar-refractivity contribution is -0.160. The highest BCUT2D eigenvalue weighted by molar-refractivity contribution is 5.90. The summed E-state index contributed by atoms with van der Waals surface area (Å²) in [5, 5.41) is 2.91. The molecule has 1 N–H and O–H groups in total. The van der Waals surface area contributed by atoms with Gasteiger partial charge in [-0.05, 0) is 37.0 Å². The molecule has 1 atom stereocenters. The molecule has 0 bridgehead atoms. The third-order valence-corrected chi connectivity index (χ3v) is 6.09. The SMILES string of the molecule is O=C(CCC1(OCC2=NC=COC2)CCCCN1C(=O)OCc1ccccc1)Nc1ccccc1. The Labute approximate surface area is 205 Å². The Morgan fingerprint density at radius 3 is 2.54 bits per heavy atom. The highest BCUT2D eigenvalue weighted by Gasteiger charge is 2.44. The van der Waals surface area contributed by atoms with Crippen LogP contribution in [0.3, 0.4) is 0 Å². The van der Waals surface area contributed by atoms with Gasteiger partial charge in [-0.3, -0.25) is 14.7 Å². The van der Waals surface area contributed by atoms with E-state index in [2.05, 4.69) is 10.3 Å². The van der Waals surface area contributed by atoms with Crippen molar-refractivity contribution in [3.05, 3.63) is 78.7 Å². The van der Waals surface area contributed by atoms with Crippen LogP contribution >= 0.6 is 0 Å². The van der Waals surface area contributed by atoms with Gasteiger partial charge in [0.25, 0.3) is 0 Å². The molecule has 2 amide bonds. The lowest BCUT2D eigenvalue weighted by Crippen LogP contribution is -2.57. The van der Waals surface area contributed by atoms with Crippen molar-refractivity contribution >= 4 is 23.4 Å². The first-order valence-corrected chi connectivity index (χ1v) is 11.9. The average Bonchev–Trinajstić information content (AvgIpc) is 2.91. The van der Waals surface area contributed by atoms with Crippen LogP contribution in [0.2, 0.25) is 0 Å². The quantitative estimate of drug-likeness (QED) is 0.556. The second-order valence-corrected chi connectivity index (χ2v) is 8.59. The number of carbonyl (C=O) groups excluding carboxylic acids is 2. The molecule has 1 saturated heterocycles. The molecule has 0 aromatic heterocycles. The van der Waals surface area contributed by atoms with E-state index in [1.54, 1.807) is 11.1 Å². The number of benzene rings is 2. The summed E-state index contributed by atoms with van der Waals surface area (Å²) in [6.07, 6.45) is 5.53. The molecule has 2 aromatic carbocycles. The van der Waals surface area contributed by atoms with Crippen LogP contribution in [-0.2, 0) is 25.6 Å². The minimum Gasteiger partial charge on any atom is -0.494 e. The molecule has 0 spiro atoms. The molecule has 1 fully saturated rings. The maximum absolute atomic E-state index is 13.2. The van der Waals surface area contributed by atoms with Gasteiger partial charge >= 0.3 is 6.09 Å². The van der Waals surface area contributed by atoms with E-state index in [0.717, 1.165) is 29.8 Å². The molecule has 8 heteroatoms. The van der Waals surface area contributed by atoms with Gasteiger partial charge in [-0.2, -0.15) is 0 Å². The molecule has 0 radical (unpaired) electrons. The van der Waals surface area contributed by atoms with Gasteiger partial charge in [0, 0.05) is 25.1 Å². The van der Waals surface area contributed by atoms with Crippen LogP contribution in [0.4, 0.5) is 10.5 Å². The van der Waals surface area contributed by atoms with E-state index < -0.39 is 11.8 Å². The lowest BCUT2D eigenvalue weighted by Gasteiger charge is -2.46. The Hall–Kier alpha value is -3.65. The smallest absolute Gasteiger partial charge is 0.412 e. The third-order valence-electron chi connectivity index (χ3n) is 6.09. The standard InChI is InChI=1S/C27H31N3O5/c31-25(29-23-11-5-2-6-12-23)13-15-27(35-21-24-20-33-18-16-28-24)14-7-8-17-30(27)26(32)34-19-22-9-3-1-4-10-22/h1-6,9-12,16,18H,7-8,13-15,17,19-21H2,(H,29,31). The molecular weight excluding hydrogens is 446 g/mol. The van der Waals surface area contributed by atoms with Crippen molar-refractivity contribution in [1.82, 2.24) is 4.90 Å². The summed E-state index contributed by atoms with van der Waals surface area (Å²) in [7, 11) is 0. The third kappa shape index (κ3) is 6.93. The Bertz CT molecular complexity index is 1040. The summed E-state index contributed by atoms with van der Waals surface area (Å²) >= 11 is 0. The number of nitrogens with zero attached hydrogens (tertiary/aromatic N) is 2. The summed E-state index contributed by atoms with van der Waals surface area (Å²) in [5.41, 5.74) is 1.40. The number of anilines is 1. The van der Waals surface area contributed by atoms with Crippen LogP contribution in [0.5, 0.6) is 0 Å². The fourth-order valence-corrected chi connectivity index (χ4v) is 4.26. The van der Waals surface area contributed by atoms with Crippen LogP contribution < -0.4 is 5.32 Å². The van der Waals surface area contributed by atoms with Crippen molar-refractivity contribution in [2.24, 2.45) is 4.99 Å². The molecular formula is C27H31N3O5. The van der Waals surface area contributed by atoms with E-state index in [4.69, 9.17) is 14.2 Å². The Balaban J connectivity index is 1.47. The van der Waals surface area contributed by atoms with E-state index in [0.29, 0.717) is 26.0 Å². The summed E-state index contributed by atoms with van der Waals surface area (Å²) in [6.45, 7) is 1.20. The van der Waals surface area contributed by atoms with Gasteiger partial charge in [0.15, 0.2) is 0 Å². The van der Waals surface area contributed by atoms with Gasteiger partial charge in [-0.15, -0.1) is 0 Å². The minimum absolute atomic E-state index is 0.136.